The number of hydrogen-bond acceptors (Lipinski definition) is 1. The van der Waals surface area contributed by atoms with Gasteiger partial charge < -0.3 is 0 Å². The van der Waals surface area contributed by atoms with E-state index in [0.717, 1.165) is 34.5 Å². The molecule has 0 saturated heterocycles. The molecule has 2 nitrogen and oxygen atoms in total. The summed E-state index contributed by atoms with van der Waals surface area (Å²) in [6.45, 7) is 2.38. The first-order valence-electron chi connectivity index (χ1n) is 17.5. The lowest BCUT2D eigenvalue weighted by Crippen LogP contribution is -2.21. The first-order chi connectivity index (χ1) is 24.7. The quantitative estimate of drug-likeness (QED) is 0.183. The summed E-state index contributed by atoms with van der Waals surface area (Å²) in [5, 5.41) is 2.69. The zero-order chi connectivity index (χ0) is 33.2. The Morgan fingerprint density at radius 3 is 1.82 bits per heavy atom. The fourth-order valence-corrected chi connectivity index (χ4v) is 8.36. The Balaban J connectivity index is 1.11. The minimum absolute atomic E-state index is 0.177. The van der Waals surface area contributed by atoms with Gasteiger partial charge in [-0.15, -0.1) is 0 Å². The van der Waals surface area contributed by atoms with Crippen molar-refractivity contribution in [3.63, 3.8) is 0 Å². The van der Waals surface area contributed by atoms with Crippen LogP contribution in [0.2, 0.25) is 0 Å². The molecule has 0 unspecified atom stereocenters. The van der Waals surface area contributed by atoms with Crippen LogP contribution in [0.4, 0.5) is 0 Å². The van der Waals surface area contributed by atoms with Gasteiger partial charge in [0.15, 0.2) is 0 Å². The highest BCUT2D eigenvalue weighted by molar-refractivity contribution is 6.21. The molecular formula is C48H34N2. The number of imidazole rings is 1. The molecule has 0 amide bonds. The van der Waals surface area contributed by atoms with Crippen molar-refractivity contribution in [2.24, 2.45) is 0 Å². The first-order valence-corrected chi connectivity index (χ1v) is 17.5. The highest BCUT2D eigenvalue weighted by atomic mass is 15.1. The summed E-state index contributed by atoms with van der Waals surface area (Å²) in [5.41, 5.74) is 15.9. The van der Waals surface area contributed by atoms with Crippen LogP contribution in [0, 0.1) is 0 Å². The Morgan fingerprint density at radius 2 is 1.16 bits per heavy atom. The lowest BCUT2D eigenvalue weighted by molar-refractivity contribution is 0.606. The fraction of sp³-hybridized carbons (Fsp3) is 0.0625. The maximum atomic E-state index is 5.15. The summed E-state index contributed by atoms with van der Waals surface area (Å²) < 4.78 is 2.29. The average molecular weight is 639 g/mol. The van der Waals surface area contributed by atoms with E-state index in [1.54, 1.807) is 0 Å². The molecule has 1 heterocycles. The van der Waals surface area contributed by atoms with Gasteiger partial charge >= 0.3 is 0 Å². The van der Waals surface area contributed by atoms with Crippen molar-refractivity contribution < 1.29 is 0 Å². The number of allylic oxidation sites excluding steroid dienone is 4. The molecule has 0 fully saturated rings. The number of benzene rings is 7. The fourth-order valence-electron chi connectivity index (χ4n) is 8.36. The van der Waals surface area contributed by atoms with E-state index in [-0.39, 0.29) is 5.41 Å². The highest BCUT2D eigenvalue weighted by Gasteiger charge is 2.33. The van der Waals surface area contributed by atoms with Crippen LogP contribution in [0.25, 0.3) is 77.6 Å². The SMILES string of the molecule is C[C@]1(c2ccc3c4c(cccc24)-c2c(-c4ccccc4)ccc(-c4ccccc4)c2-3)C=CC(c2nc3ccccc3n2-c2ccccc2)=CC1. The second-order valence-electron chi connectivity index (χ2n) is 13.7. The van der Waals surface area contributed by atoms with E-state index in [2.05, 4.69) is 187 Å². The van der Waals surface area contributed by atoms with Gasteiger partial charge in [-0.3, -0.25) is 4.57 Å². The minimum atomic E-state index is -0.177. The van der Waals surface area contributed by atoms with Gasteiger partial charge in [0.2, 0.25) is 0 Å². The van der Waals surface area contributed by atoms with E-state index in [9.17, 15) is 0 Å². The van der Waals surface area contributed by atoms with Crippen molar-refractivity contribution in [2.45, 2.75) is 18.8 Å². The summed E-state index contributed by atoms with van der Waals surface area (Å²) in [6.07, 6.45) is 7.98. The van der Waals surface area contributed by atoms with Gasteiger partial charge in [-0.2, -0.15) is 0 Å². The van der Waals surface area contributed by atoms with E-state index < -0.39 is 0 Å². The lowest BCUT2D eigenvalue weighted by atomic mass is 9.74. The molecule has 2 heteroatoms. The van der Waals surface area contributed by atoms with Gasteiger partial charge in [-0.25, -0.2) is 4.98 Å². The van der Waals surface area contributed by atoms with Crippen LogP contribution in [0.1, 0.15) is 24.7 Å². The number of rotatable bonds is 5. The standard InChI is InChI=1S/C48H34N2/c1-48(30-28-34(29-31-48)47-49-42-22-11-12-23-43(42)50(47)35-18-9-4-10-19-35)41-27-26-40-44-38(41)20-13-21-39(44)45-36(32-14-5-2-6-15-32)24-25-37(46(40)45)33-16-7-3-8-17-33/h2-30H,31H2,1H3/t48-/m0/s1. The van der Waals surface area contributed by atoms with Gasteiger partial charge in [0.05, 0.1) is 11.0 Å². The van der Waals surface area contributed by atoms with Gasteiger partial charge in [0, 0.05) is 16.7 Å². The van der Waals surface area contributed by atoms with E-state index >= 15 is 0 Å². The molecule has 8 aromatic rings. The van der Waals surface area contributed by atoms with Gasteiger partial charge in [0.25, 0.3) is 0 Å². The zero-order valence-corrected chi connectivity index (χ0v) is 27.8. The molecule has 10 rings (SSSR count). The number of fused-ring (bicyclic) bond motifs is 4. The van der Waals surface area contributed by atoms with E-state index in [0.29, 0.717) is 0 Å². The normalized spacial score (nSPS) is 16.1. The van der Waals surface area contributed by atoms with Crippen LogP contribution in [-0.2, 0) is 5.41 Å². The van der Waals surface area contributed by atoms with Crippen molar-refractivity contribution >= 4 is 27.4 Å². The molecule has 1 atom stereocenters. The molecular weight excluding hydrogens is 605 g/mol. The molecule has 2 aliphatic rings. The second kappa shape index (κ2) is 11.1. The molecule has 0 bridgehead atoms. The molecule has 0 saturated carbocycles. The summed E-state index contributed by atoms with van der Waals surface area (Å²) in [4.78, 5) is 5.15. The molecule has 0 N–H and O–H groups in total. The monoisotopic (exact) mass is 638 g/mol. The van der Waals surface area contributed by atoms with Crippen LogP contribution in [-0.4, -0.2) is 9.55 Å². The molecule has 236 valence electrons. The number of nitrogens with zero attached hydrogens (tertiary/aromatic N) is 2. The zero-order valence-electron chi connectivity index (χ0n) is 27.8. The smallest absolute Gasteiger partial charge is 0.145 e. The molecule has 0 radical (unpaired) electrons. The highest BCUT2D eigenvalue weighted by Crippen LogP contribution is 2.56. The van der Waals surface area contributed by atoms with E-state index in [4.69, 9.17) is 4.98 Å². The van der Waals surface area contributed by atoms with Gasteiger partial charge in [-0.05, 0) is 91.5 Å². The summed E-state index contributed by atoms with van der Waals surface area (Å²) in [6, 6.07) is 57.0. The number of hydrogen-bond donors (Lipinski definition) is 0. The van der Waals surface area contributed by atoms with Gasteiger partial charge in [0.1, 0.15) is 5.82 Å². The van der Waals surface area contributed by atoms with Crippen LogP contribution >= 0.6 is 0 Å². The Kier molecular flexibility index (Phi) is 6.41. The maximum absolute atomic E-state index is 5.15. The summed E-state index contributed by atoms with van der Waals surface area (Å²) in [5.74, 6) is 0.980. The maximum Gasteiger partial charge on any atom is 0.145 e. The molecule has 1 aromatic heterocycles. The van der Waals surface area contributed by atoms with Crippen molar-refractivity contribution in [1.82, 2.24) is 9.55 Å². The summed E-state index contributed by atoms with van der Waals surface area (Å²) >= 11 is 0. The molecule has 0 aliphatic heterocycles. The Bertz CT molecular complexity index is 2590. The Morgan fingerprint density at radius 1 is 0.560 bits per heavy atom. The van der Waals surface area contributed by atoms with Crippen LogP contribution in [0.15, 0.2) is 176 Å². The summed E-state index contributed by atoms with van der Waals surface area (Å²) in [7, 11) is 0. The lowest BCUT2D eigenvalue weighted by Gasteiger charge is -2.30. The largest absolute Gasteiger partial charge is 0.292 e. The Hall–Kier alpha value is -6.25. The van der Waals surface area contributed by atoms with E-state index in [1.165, 1.54) is 60.8 Å². The topological polar surface area (TPSA) is 17.8 Å². The number of para-hydroxylation sites is 3. The van der Waals surface area contributed by atoms with Crippen molar-refractivity contribution in [3.8, 4) is 50.2 Å². The van der Waals surface area contributed by atoms with Crippen LogP contribution in [0.5, 0.6) is 0 Å². The van der Waals surface area contributed by atoms with Crippen molar-refractivity contribution in [2.75, 3.05) is 0 Å². The third-order valence-corrected chi connectivity index (χ3v) is 10.8. The predicted octanol–water partition coefficient (Wildman–Crippen LogP) is 12.5. The van der Waals surface area contributed by atoms with Crippen LogP contribution < -0.4 is 0 Å². The molecule has 50 heavy (non-hydrogen) atoms. The second-order valence-corrected chi connectivity index (χ2v) is 13.7. The third kappa shape index (κ3) is 4.32. The van der Waals surface area contributed by atoms with Crippen molar-refractivity contribution in [3.05, 3.63) is 187 Å². The van der Waals surface area contributed by atoms with Crippen LogP contribution in [0.3, 0.4) is 0 Å². The third-order valence-electron chi connectivity index (χ3n) is 10.8. The van der Waals surface area contributed by atoms with Crippen molar-refractivity contribution in [1.29, 1.82) is 0 Å². The molecule has 2 aliphatic carbocycles. The minimum Gasteiger partial charge on any atom is -0.292 e. The van der Waals surface area contributed by atoms with Gasteiger partial charge in [-0.1, -0.05) is 159 Å². The average Bonchev–Trinajstić information content (AvgIpc) is 3.74. The molecule has 7 aromatic carbocycles. The Labute approximate surface area is 292 Å². The van der Waals surface area contributed by atoms with E-state index in [1.807, 2.05) is 0 Å². The molecule has 0 spiro atoms. The first kappa shape index (κ1) is 28.7. The number of aromatic nitrogens is 2. The predicted molar refractivity (Wildman–Crippen MR) is 209 cm³/mol.